The second-order valence-corrected chi connectivity index (χ2v) is 3.23. The van der Waals surface area contributed by atoms with E-state index in [0.29, 0.717) is 0 Å². The predicted molar refractivity (Wildman–Crippen MR) is 38.5 cm³/mol. The molecule has 42 valence electrons. The van der Waals surface area contributed by atoms with E-state index in [1.807, 2.05) is 0 Å². The fraction of sp³-hybridized carbons (Fsp3) is 0.833. The minimum Gasteiger partial charge on any atom is -0.123 e. The van der Waals surface area contributed by atoms with Gasteiger partial charge in [-0.3, -0.25) is 0 Å². The van der Waals surface area contributed by atoms with Crippen molar-refractivity contribution in [2.24, 2.45) is 5.92 Å². The zero-order valence-corrected chi connectivity index (χ0v) is 6.28. The van der Waals surface area contributed by atoms with Crippen molar-refractivity contribution >= 4 is 14.2 Å². The summed E-state index contributed by atoms with van der Waals surface area (Å²) >= 11 is 0. The highest BCUT2D eigenvalue weighted by atomic mass is 31.0. The fourth-order valence-corrected chi connectivity index (χ4v) is 1.02. The third-order valence-corrected chi connectivity index (χ3v) is 0.919. The summed E-state index contributed by atoms with van der Waals surface area (Å²) in [7, 11) is 3.44. The molecule has 0 nitrogen and oxygen atoms in total. The summed E-state index contributed by atoms with van der Waals surface area (Å²) in [5, 5.41) is 1.34. The van der Waals surface area contributed by atoms with Gasteiger partial charge in [0.15, 0.2) is 0 Å². The summed E-state index contributed by atoms with van der Waals surface area (Å²) in [6.45, 7) is 6.52. The Labute approximate surface area is 48.2 Å². The summed E-state index contributed by atoms with van der Waals surface area (Å²) in [6.07, 6.45) is 1.19. The molecule has 0 spiro atoms. The van der Waals surface area contributed by atoms with Crippen molar-refractivity contribution in [2.75, 3.05) is 0 Å². The van der Waals surface area contributed by atoms with Gasteiger partial charge in [0, 0.05) is 0 Å². The van der Waals surface area contributed by atoms with Gasteiger partial charge >= 0.3 is 0 Å². The van der Waals surface area contributed by atoms with Gasteiger partial charge in [-0.05, 0) is 19.3 Å². The number of hydrogen-bond donors (Lipinski definition) is 0. The SMILES string of the molecule is CC(=P)CC(C)C. The maximum Gasteiger partial charge on any atom is -0.0259 e. The minimum atomic E-state index is 0.789. The zero-order chi connectivity index (χ0) is 5.86. The molecule has 0 bridgehead atoms. The van der Waals surface area contributed by atoms with Gasteiger partial charge in [-0.1, -0.05) is 19.1 Å². The Bertz CT molecular complexity index is 64.6. The van der Waals surface area contributed by atoms with Crippen LogP contribution in [0.5, 0.6) is 0 Å². The second-order valence-electron chi connectivity index (χ2n) is 2.38. The van der Waals surface area contributed by atoms with E-state index in [-0.39, 0.29) is 0 Å². The molecule has 0 aliphatic heterocycles. The van der Waals surface area contributed by atoms with Crippen molar-refractivity contribution in [1.29, 1.82) is 0 Å². The molecule has 0 amide bonds. The molecule has 0 saturated heterocycles. The van der Waals surface area contributed by atoms with Gasteiger partial charge in [-0.25, -0.2) is 0 Å². The summed E-state index contributed by atoms with van der Waals surface area (Å²) in [5.74, 6) is 0.789. The van der Waals surface area contributed by atoms with Crippen molar-refractivity contribution in [3.63, 3.8) is 0 Å². The Morgan fingerprint density at radius 3 is 2.00 bits per heavy atom. The summed E-state index contributed by atoms with van der Waals surface area (Å²) in [5.41, 5.74) is 0. The van der Waals surface area contributed by atoms with E-state index in [1.54, 1.807) is 0 Å². The van der Waals surface area contributed by atoms with Gasteiger partial charge in [0.1, 0.15) is 0 Å². The van der Waals surface area contributed by atoms with Crippen LogP contribution in [0.3, 0.4) is 0 Å². The molecule has 7 heavy (non-hydrogen) atoms. The molecule has 0 saturated carbocycles. The van der Waals surface area contributed by atoms with Crippen LogP contribution < -0.4 is 0 Å². The van der Waals surface area contributed by atoms with E-state index in [1.165, 1.54) is 11.7 Å². The molecular weight excluding hydrogens is 103 g/mol. The van der Waals surface area contributed by atoms with E-state index >= 15 is 0 Å². The van der Waals surface area contributed by atoms with Gasteiger partial charge in [-0.2, -0.15) is 0 Å². The number of hydrogen-bond acceptors (Lipinski definition) is 0. The Hall–Kier alpha value is 0.170. The van der Waals surface area contributed by atoms with Crippen LogP contribution in [-0.4, -0.2) is 5.29 Å². The summed E-state index contributed by atoms with van der Waals surface area (Å²) in [4.78, 5) is 0. The monoisotopic (exact) mass is 116 g/mol. The lowest BCUT2D eigenvalue weighted by atomic mass is 10.1. The molecule has 0 aromatic rings. The Morgan fingerprint density at radius 2 is 2.00 bits per heavy atom. The van der Waals surface area contributed by atoms with Crippen LogP contribution in [0.4, 0.5) is 0 Å². The number of rotatable bonds is 2. The quantitative estimate of drug-likeness (QED) is 0.486. The Kier molecular flexibility index (Phi) is 3.29. The minimum absolute atomic E-state index is 0.789. The largest absolute Gasteiger partial charge is 0.123 e. The van der Waals surface area contributed by atoms with Crippen molar-refractivity contribution in [3.05, 3.63) is 0 Å². The maximum atomic E-state index is 3.44. The average molecular weight is 116 g/mol. The molecule has 0 atom stereocenters. The van der Waals surface area contributed by atoms with Gasteiger partial charge < -0.3 is 0 Å². The highest BCUT2D eigenvalue weighted by Crippen LogP contribution is 2.00. The van der Waals surface area contributed by atoms with E-state index < -0.39 is 0 Å². The van der Waals surface area contributed by atoms with Crippen molar-refractivity contribution in [3.8, 4) is 0 Å². The lowest BCUT2D eigenvalue weighted by Gasteiger charge is -1.99. The smallest absolute Gasteiger partial charge is 0.0259 e. The van der Waals surface area contributed by atoms with Crippen LogP contribution in [-0.2, 0) is 0 Å². The topological polar surface area (TPSA) is 0 Å². The van der Waals surface area contributed by atoms with Crippen LogP contribution in [0.25, 0.3) is 0 Å². The van der Waals surface area contributed by atoms with E-state index in [9.17, 15) is 0 Å². The first kappa shape index (κ1) is 7.17. The molecular formula is C6H13P. The maximum absolute atomic E-state index is 3.44. The van der Waals surface area contributed by atoms with Gasteiger partial charge in [0.2, 0.25) is 0 Å². The average Bonchev–Trinajstić information content (AvgIpc) is 1.27. The van der Waals surface area contributed by atoms with Crippen LogP contribution in [0.15, 0.2) is 0 Å². The van der Waals surface area contributed by atoms with Crippen LogP contribution >= 0.6 is 8.86 Å². The Balaban J connectivity index is 3.13. The lowest BCUT2D eigenvalue weighted by Crippen LogP contribution is -1.92. The zero-order valence-electron chi connectivity index (χ0n) is 5.28. The molecule has 0 aliphatic carbocycles. The fourth-order valence-electron chi connectivity index (χ4n) is 0.612. The summed E-state index contributed by atoms with van der Waals surface area (Å²) < 4.78 is 0. The molecule has 0 aromatic carbocycles. The molecule has 0 aromatic heterocycles. The van der Waals surface area contributed by atoms with Crippen LogP contribution in [0, 0.1) is 5.92 Å². The molecule has 1 heteroatoms. The van der Waals surface area contributed by atoms with Crippen molar-refractivity contribution in [1.82, 2.24) is 0 Å². The second kappa shape index (κ2) is 3.21. The molecule has 0 unspecified atom stereocenters. The first-order chi connectivity index (χ1) is 3.13. The lowest BCUT2D eigenvalue weighted by molar-refractivity contribution is 0.687. The first-order valence-electron chi connectivity index (χ1n) is 2.67. The third kappa shape index (κ3) is 6.17. The first-order valence-corrected chi connectivity index (χ1v) is 3.17. The van der Waals surface area contributed by atoms with Gasteiger partial charge in [0.05, 0.1) is 0 Å². The third-order valence-electron chi connectivity index (χ3n) is 0.714. The highest BCUT2D eigenvalue weighted by Gasteiger charge is 1.90. The van der Waals surface area contributed by atoms with Crippen LogP contribution in [0.1, 0.15) is 27.2 Å². The predicted octanol–water partition coefficient (Wildman–Crippen LogP) is 2.37. The van der Waals surface area contributed by atoms with Crippen molar-refractivity contribution in [2.45, 2.75) is 27.2 Å². The van der Waals surface area contributed by atoms with Crippen LogP contribution in [0.2, 0.25) is 0 Å². The van der Waals surface area contributed by atoms with E-state index in [0.717, 1.165) is 5.92 Å². The molecule has 0 fully saturated rings. The highest BCUT2D eigenvalue weighted by molar-refractivity contribution is 7.20. The normalized spacial score (nSPS) is 9.71. The Morgan fingerprint density at radius 1 is 1.57 bits per heavy atom. The standard InChI is InChI=1S/C6H13P/c1-5(2)4-6(3)7/h5,7H,4H2,1-3H3. The molecule has 0 rings (SSSR count). The van der Waals surface area contributed by atoms with E-state index in [2.05, 4.69) is 29.6 Å². The molecule has 0 radical (unpaired) electrons. The molecule has 0 N–H and O–H groups in total. The van der Waals surface area contributed by atoms with E-state index in [4.69, 9.17) is 0 Å². The molecule has 0 aliphatic rings. The van der Waals surface area contributed by atoms with Gasteiger partial charge in [-0.15, -0.1) is 8.86 Å². The van der Waals surface area contributed by atoms with Crippen molar-refractivity contribution < 1.29 is 0 Å². The summed E-state index contributed by atoms with van der Waals surface area (Å²) in [6, 6.07) is 0. The van der Waals surface area contributed by atoms with Gasteiger partial charge in [0.25, 0.3) is 0 Å². The molecule has 0 heterocycles.